The SMILES string of the molecule is CN(CCN(C)C1CCCCC1)C(=O)c1cc(S(=O)(=O)N(C)C)ccc1N1CCCCC1. The third-order valence-electron chi connectivity index (χ3n) is 7.01. The van der Waals surface area contributed by atoms with Gasteiger partial charge in [0.25, 0.3) is 5.91 Å². The molecule has 0 aromatic heterocycles. The standard InChI is InChI=1S/C24H40N4O3S/c1-25(2)32(30,31)21-13-14-23(28-15-9-6-10-16-28)22(19-21)24(29)27(4)18-17-26(3)20-11-7-5-8-12-20/h13-14,19-20H,5-12,15-18H2,1-4H3. The van der Waals surface area contributed by atoms with Crippen molar-refractivity contribution in [3.63, 3.8) is 0 Å². The largest absolute Gasteiger partial charge is 0.371 e. The van der Waals surface area contributed by atoms with Gasteiger partial charge in [-0.3, -0.25) is 4.79 Å². The topological polar surface area (TPSA) is 64.2 Å². The van der Waals surface area contributed by atoms with Gasteiger partial charge < -0.3 is 14.7 Å². The number of likely N-dealkylation sites (N-methyl/N-ethyl adjacent to an activating group) is 2. The fourth-order valence-electron chi connectivity index (χ4n) is 4.79. The number of benzene rings is 1. The van der Waals surface area contributed by atoms with E-state index >= 15 is 0 Å². The average Bonchev–Trinajstić information content (AvgIpc) is 2.82. The van der Waals surface area contributed by atoms with Crippen LogP contribution in [0.2, 0.25) is 0 Å². The number of amides is 1. The second kappa shape index (κ2) is 11.0. The molecule has 0 spiro atoms. The highest BCUT2D eigenvalue weighted by Crippen LogP contribution is 2.29. The molecule has 1 saturated heterocycles. The van der Waals surface area contributed by atoms with Crippen LogP contribution < -0.4 is 4.90 Å². The van der Waals surface area contributed by atoms with Crippen molar-refractivity contribution in [1.82, 2.24) is 14.1 Å². The minimum atomic E-state index is -3.61. The van der Waals surface area contributed by atoms with E-state index in [-0.39, 0.29) is 10.8 Å². The predicted molar refractivity (Wildman–Crippen MR) is 130 cm³/mol. The number of hydrogen-bond donors (Lipinski definition) is 0. The molecule has 1 heterocycles. The van der Waals surface area contributed by atoms with E-state index in [1.807, 2.05) is 13.1 Å². The highest BCUT2D eigenvalue weighted by molar-refractivity contribution is 7.89. The minimum absolute atomic E-state index is 0.113. The van der Waals surface area contributed by atoms with Gasteiger partial charge in [-0.1, -0.05) is 19.3 Å². The van der Waals surface area contributed by atoms with Crippen LogP contribution in [0.3, 0.4) is 0 Å². The van der Waals surface area contributed by atoms with Crippen LogP contribution in [0.5, 0.6) is 0 Å². The van der Waals surface area contributed by atoms with Crippen molar-refractivity contribution in [3.8, 4) is 0 Å². The van der Waals surface area contributed by atoms with Gasteiger partial charge in [0.2, 0.25) is 10.0 Å². The first-order valence-electron chi connectivity index (χ1n) is 12.0. The molecule has 1 aliphatic heterocycles. The fraction of sp³-hybridized carbons (Fsp3) is 0.708. The molecular weight excluding hydrogens is 424 g/mol. The second-order valence-electron chi connectivity index (χ2n) is 9.51. The molecule has 0 radical (unpaired) electrons. The average molecular weight is 465 g/mol. The smallest absolute Gasteiger partial charge is 0.255 e. The zero-order valence-corrected chi connectivity index (χ0v) is 21.0. The number of carbonyl (C=O) groups is 1. The number of piperidine rings is 1. The molecule has 32 heavy (non-hydrogen) atoms. The van der Waals surface area contributed by atoms with Crippen molar-refractivity contribution >= 4 is 21.6 Å². The molecule has 1 aliphatic carbocycles. The molecule has 3 rings (SSSR count). The Kier molecular flexibility index (Phi) is 8.58. The molecule has 0 unspecified atom stereocenters. The van der Waals surface area contributed by atoms with E-state index in [1.54, 1.807) is 17.0 Å². The Balaban J connectivity index is 1.81. The monoisotopic (exact) mass is 464 g/mol. The van der Waals surface area contributed by atoms with E-state index in [0.717, 1.165) is 38.2 Å². The van der Waals surface area contributed by atoms with Crippen LogP contribution in [0.25, 0.3) is 0 Å². The van der Waals surface area contributed by atoms with Crippen LogP contribution in [0.15, 0.2) is 23.1 Å². The highest BCUT2D eigenvalue weighted by atomic mass is 32.2. The molecule has 180 valence electrons. The summed E-state index contributed by atoms with van der Waals surface area (Å²) < 4.78 is 26.7. The third kappa shape index (κ3) is 5.83. The van der Waals surface area contributed by atoms with Crippen molar-refractivity contribution in [2.45, 2.75) is 62.3 Å². The van der Waals surface area contributed by atoms with Crippen LogP contribution in [0, 0.1) is 0 Å². The summed E-state index contributed by atoms with van der Waals surface area (Å²) in [4.78, 5) is 20.0. The lowest BCUT2D eigenvalue weighted by Crippen LogP contribution is -2.40. The first-order chi connectivity index (χ1) is 15.2. The third-order valence-corrected chi connectivity index (χ3v) is 8.82. The Labute approximate surface area is 194 Å². The summed E-state index contributed by atoms with van der Waals surface area (Å²) in [5, 5.41) is 0. The summed E-state index contributed by atoms with van der Waals surface area (Å²) >= 11 is 0. The molecule has 2 fully saturated rings. The van der Waals surface area contributed by atoms with E-state index in [1.165, 1.54) is 56.9 Å². The predicted octanol–water partition coefficient (Wildman–Crippen LogP) is 3.26. The van der Waals surface area contributed by atoms with Gasteiger partial charge in [0.05, 0.1) is 10.5 Å². The molecule has 2 aliphatic rings. The van der Waals surface area contributed by atoms with Crippen LogP contribution in [-0.2, 0) is 10.0 Å². The number of sulfonamides is 1. The van der Waals surface area contributed by atoms with Gasteiger partial charge in [-0.2, -0.15) is 0 Å². The Bertz CT molecular complexity index is 875. The first kappa shape index (κ1) is 25.0. The number of hydrogen-bond acceptors (Lipinski definition) is 5. The van der Waals surface area contributed by atoms with E-state index in [4.69, 9.17) is 0 Å². The summed E-state index contributed by atoms with van der Waals surface area (Å²) in [5.74, 6) is -0.113. The zero-order valence-electron chi connectivity index (χ0n) is 20.2. The molecule has 1 saturated carbocycles. The summed E-state index contributed by atoms with van der Waals surface area (Å²) in [6.07, 6.45) is 9.75. The van der Waals surface area contributed by atoms with Gasteiger partial charge in [-0.25, -0.2) is 12.7 Å². The van der Waals surface area contributed by atoms with E-state index < -0.39 is 10.0 Å². The number of anilines is 1. The summed E-state index contributed by atoms with van der Waals surface area (Å²) in [7, 11) is 3.40. The summed E-state index contributed by atoms with van der Waals surface area (Å²) in [5.41, 5.74) is 1.33. The van der Waals surface area contributed by atoms with Gasteiger partial charge in [-0.05, 0) is 57.4 Å². The fourth-order valence-corrected chi connectivity index (χ4v) is 5.72. The van der Waals surface area contributed by atoms with Gasteiger partial charge in [0, 0.05) is 59.1 Å². The Hall–Kier alpha value is -1.64. The lowest BCUT2D eigenvalue weighted by atomic mass is 9.94. The Morgan fingerprint density at radius 1 is 0.938 bits per heavy atom. The number of carbonyl (C=O) groups excluding carboxylic acids is 1. The van der Waals surface area contributed by atoms with Crippen LogP contribution in [-0.4, -0.2) is 88.8 Å². The van der Waals surface area contributed by atoms with Crippen molar-refractivity contribution in [2.75, 3.05) is 59.3 Å². The lowest BCUT2D eigenvalue weighted by molar-refractivity contribution is 0.0768. The highest BCUT2D eigenvalue weighted by Gasteiger charge is 2.26. The molecule has 0 bridgehead atoms. The number of nitrogens with zero attached hydrogens (tertiary/aromatic N) is 4. The molecule has 0 N–H and O–H groups in total. The van der Waals surface area contributed by atoms with Gasteiger partial charge >= 0.3 is 0 Å². The summed E-state index contributed by atoms with van der Waals surface area (Å²) in [6, 6.07) is 5.62. The normalized spacial score (nSPS) is 18.4. The van der Waals surface area contributed by atoms with Crippen molar-refractivity contribution < 1.29 is 13.2 Å². The molecule has 1 aromatic rings. The molecule has 1 amide bonds. The Morgan fingerprint density at radius 2 is 1.56 bits per heavy atom. The van der Waals surface area contributed by atoms with Crippen molar-refractivity contribution in [1.29, 1.82) is 0 Å². The first-order valence-corrected chi connectivity index (χ1v) is 13.4. The molecular formula is C24H40N4O3S. The maximum Gasteiger partial charge on any atom is 0.255 e. The van der Waals surface area contributed by atoms with E-state index in [0.29, 0.717) is 18.2 Å². The van der Waals surface area contributed by atoms with Crippen LogP contribution in [0.1, 0.15) is 61.7 Å². The lowest BCUT2D eigenvalue weighted by Gasteiger charge is -2.33. The van der Waals surface area contributed by atoms with Gasteiger partial charge in [-0.15, -0.1) is 0 Å². The summed E-state index contributed by atoms with van der Waals surface area (Å²) in [6.45, 7) is 3.24. The van der Waals surface area contributed by atoms with Crippen molar-refractivity contribution in [2.24, 2.45) is 0 Å². The van der Waals surface area contributed by atoms with Crippen molar-refractivity contribution in [3.05, 3.63) is 23.8 Å². The Morgan fingerprint density at radius 3 is 2.19 bits per heavy atom. The van der Waals surface area contributed by atoms with E-state index in [2.05, 4.69) is 16.8 Å². The van der Waals surface area contributed by atoms with Crippen LogP contribution >= 0.6 is 0 Å². The quantitative estimate of drug-likeness (QED) is 0.591. The maximum absolute atomic E-state index is 13.5. The molecule has 1 aromatic carbocycles. The number of rotatable bonds is 8. The maximum atomic E-state index is 13.5. The van der Waals surface area contributed by atoms with Gasteiger partial charge in [0.1, 0.15) is 0 Å². The molecule has 7 nitrogen and oxygen atoms in total. The minimum Gasteiger partial charge on any atom is -0.371 e. The van der Waals surface area contributed by atoms with Crippen LogP contribution in [0.4, 0.5) is 5.69 Å². The molecule has 8 heteroatoms. The zero-order chi connectivity index (χ0) is 23.3. The van der Waals surface area contributed by atoms with Gasteiger partial charge in [0.15, 0.2) is 0 Å². The second-order valence-corrected chi connectivity index (χ2v) is 11.7. The molecule has 0 atom stereocenters. The van der Waals surface area contributed by atoms with E-state index in [9.17, 15) is 13.2 Å².